The Balaban J connectivity index is 1.46. The summed E-state index contributed by atoms with van der Waals surface area (Å²) in [6.45, 7) is 9.31. The highest BCUT2D eigenvalue weighted by Gasteiger charge is 2.59. The molecule has 5 rings (SSSR count). The average Bonchev–Trinajstić information content (AvgIpc) is 2.70. The highest BCUT2D eigenvalue weighted by Crippen LogP contribution is 2.66. The second-order valence-electron chi connectivity index (χ2n) is 9.01. The van der Waals surface area contributed by atoms with Crippen LogP contribution in [0.25, 0.3) is 0 Å². The third kappa shape index (κ3) is 2.34. The maximum atomic E-state index is 4.32. The number of rotatable bonds is 4. The summed E-state index contributed by atoms with van der Waals surface area (Å²) in [6, 6.07) is 0. The van der Waals surface area contributed by atoms with Crippen LogP contribution in [0.5, 0.6) is 0 Å². The molecule has 4 bridgehead atoms. The van der Waals surface area contributed by atoms with Gasteiger partial charge in [-0.2, -0.15) is 0 Å². The Morgan fingerprint density at radius 1 is 1.19 bits per heavy atom. The maximum absolute atomic E-state index is 4.32. The molecule has 2 atom stereocenters. The molecule has 3 nitrogen and oxygen atoms in total. The van der Waals surface area contributed by atoms with Crippen LogP contribution in [0, 0.1) is 23.7 Å². The summed E-state index contributed by atoms with van der Waals surface area (Å²) < 4.78 is 2.26. The number of aromatic nitrogens is 2. The smallest absolute Gasteiger partial charge is 0.105 e. The minimum absolute atomic E-state index is 0.428. The highest BCUT2D eigenvalue weighted by molar-refractivity contribution is 5.14. The molecule has 4 aliphatic carbocycles. The largest absolute Gasteiger partial charge is 0.334 e. The van der Waals surface area contributed by atoms with Gasteiger partial charge in [0.1, 0.15) is 5.82 Å². The molecule has 0 aliphatic heterocycles. The number of nitrogens with zero attached hydrogens (tertiary/aromatic N) is 2. The molecule has 0 spiro atoms. The highest BCUT2D eigenvalue weighted by atomic mass is 15.1. The summed E-state index contributed by atoms with van der Waals surface area (Å²) in [5.41, 5.74) is 1.63. The molecule has 2 unspecified atom stereocenters. The van der Waals surface area contributed by atoms with Crippen molar-refractivity contribution in [2.45, 2.75) is 71.4 Å². The fraction of sp³-hybridized carbons (Fsp3) is 0.833. The van der Waals surface area contributed by atoms with Gasteiger partial charge < -0.3 is 9.88 Å². The molecular weight excluding hydrogens is 258 g/mol. The number of nitrogens with one attached hydrogen (secondary N) is 1. The quantitative estimate of drug-likeness (QED) is 0.918. The van der Waals surface area contributed by atoms with E-state index in [2.05, 4.69) is 41.8 Å². The number of imidazole rings is 1. The zero-order valence-corrected chi connectivity index (χ0v) is 13.8. The van der Waals surface area contributed by atoms with E-state index in [0.29, 0.717) is 16.4 Å². The van der Waals surface area contributed by atoms with Gasteiger partial charge in [-0.15, -0.1) is 0 Å². The molecule has 4 saturated carbocycles. The van der Waals surface area contributed by atoms with E-state index < -0.39 is 0 Å². The Morgan fingerprint density at radius 2 is 1.90 bits per heavy atom. The van der Waals surface area contributed by atoms with Crippen molar-refractivity contribution in [3.8, 4) is 0 Å². The Morgan fingerprint density at radius 3 is 2.48 bits per heavy atom. The van der Waals surface area contributed by atoms with Crippen LogP contribution in [-0.2, 0) is 6.54 Å². The molecule has 21 heavy (non-hydrogen) atoms. The topological polar surface area (TPSA) is 29.9 Å². The van der Waals surface area contributed by atoms with Crippen LogP contribution in [0.2, 0.25) is 0 Å². The summed E-state index contributed by atoms with van der Waals surface area (Å²) in [7, 11) is 0. The monoisotopic (exact) mass is 287 g/mol. The molecule has 0 radical (unpaired) electrons. The molecule has 116 valence electrons. The van der Waals surface area contributed by atoms with Crippen LogP contribution in [0.4, 0.5) is 0 Å². The van der Waals surface area contributed by atoms with E-state index in [-0.39, 0.29) is 0 Å². The Kier molecular flexibility index (Phi) is 2.86. The van der Waals surface area contributed by atoms with Crippen molar-refractivity contribution < 1.29 is 0 Å². The molecule has 4 fully saturated rings. The normalized spacial score (nSPS) is 44.4. The first kappa shape index (κ1) is 13.8. The standard InChI is InChI=1S/C18H29N3/c1-14-19-4-6-21(14)7-5-20-18-10-15-8-16(2,12-18)11-17(3,9-15)13-18/h4,6,15,20H,5,7-13H2,1-3H3. The summed E-state index contributed by atoms with van der Waals surface area (Å²) in [4.78, 5) is 4.32. The van der Waals surface area contributed by atoms with Crippen molar-refractivity contribution in [2.24, 2.45) is 16.7 Å². The van der Waals surface area contributed by atoms with Gasteiger partial charge >= 0.3 is 0 Å². The van der Waals surface area contributed by atoms with Crippen molar-refractivity contribution >= 4 is 0 Å². The molecule has 1 aromatic heterocycles. The van der Waals surface area contributed by atoms with E-state index in [0.717, 1.165) is 24.8 Å². The lowest BCUT2D eigenvalue weighted by Gasteiger charge is -2.65. The lowest BCUT2D eigenvalue weighted by Crippen LogP contribution is -2.64. The Hall–Kier alpha value is -0.830. The van der Waals surface area contributed by atoms with Gasteiger partial charge in [0.15, 0.2) is 0 Å². The van der Waals surface area contributed by atoms with E-state index in [1.54, 1.807) is 0 Å². The fourth-order valence-electron chi connectivity index (χ4n) is 6.73. The molecule has 1 aromatic rings. The Labute approximate surface area is 128 Å². The molecule has 0 saturated heterocycles. The summed E-state index contributed by atoms with van der Waals surface area (Å²) in [5.74, 6) is 2.10. The molecule has 3 heteroatoms. The van der Waals surface area contributed by atoms with Gasteiger partial charge in [-0.1, -0.05) is 13.8 Å². The molecule has 0 amide bonds. The van der Waals surface area contributed by atoms with Gasteiger partial charge in [-0.05, 0) is 62.2 Å². The number of aryl methyl sites for hydroxylation is 1. The average molecular weight is 287 g/mol. The van der Waals surface area contributed by atoms with Gasteiger partial charge in [0.25, 0.3) is 0 Å². The summed E-state index contributed by atoms with van der Waals surface area (Å²) in [6.07, 6.45) is 12.6. The first-order valence-corrected chi connectivity index (χ1v) is 8.62. The van der Waals surface area contributed by atoms with E-state index in [4.69, 9.17) is 0 Å². The molecule has 0 aromatic carbocycles. The second-order valence-corrected chi connectivity index (χ2v) is 9.01. The predicted octanol–water partition coefficient (Wildman–Crippen LogP) is 3.53. The molecular formula is C18H29N3. The third-order valence-corrected chi connectivity index (χ3v) is 6.40. The van der Waals surface area contributed by atoms with Crippen molar-refractivity contribution in [3.63, 3.8) is 0 Å². The summed E-state index contributed by atoms with van der Waals surface area (Å²) in [5, 5.41) is 3.99. The van der Waals surface area contributed by atoms with Crippen molar-refractivity contribution in [1.29, 1.82) is 0 Å². The van der Waals surface area contributed by atoms with Crippen molar-refractivity contribution in [2.75, 3.05) is 6.54 Å². The minimum Gasteiger partial charge on any atom is -0.334 e. The minimum atomic E-state index is 0.428. The van der Waals surface area contributed by atoms with Crippen LogP contribution in [-0.4, -0.2) is 21.6 Å². The molecule has 1 heterocycles. The Bertz CT molecular complexity index is 528. The van der Waals surface area contributed by atoms with Crippen molar-refractivity contribution in [3.05, 3.63) is 18.2 Å². The van der Waals surface area contributed by atoms with E-state index >= 15 is 0 Å². The van der Waals surface area contributed by atoms with Crippen LogP contribution in [0.15, 0.2) is 12.4 Å². The maximum Gasteiger partial charge on any atom is 0.105 e. The van der Waals surface area contributed by atoms with E-state index in [1.807, 2.05) is 6.20 Å². The van der Waals surface area contributed by atoms with Crippen molar-refractivity contribution in [1.82, 2.24) is 14.9 Å². The van der Waals surface area contributed by atoms with Gasteiger partial charge in [0, 0.05) is 31.0 Å². The number of hydrogen-bond acceptors (Lipinski definition) is 2. The van der Waals surface area contributed by atoms with Crippen LogP contribution < -0.4 is 5.32 Å². The summed E-state index contributed by atoms with van der Waals surface area (Å²) >= 11 is 0. The van der Waals surface area contributed by atoms with E-state index in [9.17, 15) is 0 Å². The second kappa shape index (κ2) is 4.34. The zero-order valence-electron chi connectivity index (χ0n) is 13.8. The lowest BCUT2D eigenvalue weighted by atomic mass is 9.43. The SMILES string of the molecule is Cc1nccn1CCNC12CC3CC(C)(CC(C)(C3)C1)C2. The van der Waals surface area contributed by atoms with Crippen LogP contribution >= 0.6 is 0 Å². The van der Waals surface area contributed by atoms with Gasteiger partial charge in [0.2, 0.25) is 0 Å². The first-order valence-electron chi connectivity index (χ1n) is 8.62. The molecule has 4 aliphatic rings. The van der Waals surface area contributed by atoms with Gasteiger partial charge in [-0.25, -0.2) is 4.98 Å². The van der Waals surface area contributed by atoms with Crippen LogP contribution in [0.3, 0.4) is 0 Å². The third-order valence-electron chi connectivity index (χ3n) is 6.40. The van der Waals surface area contributed by atoms with Crippen LogP contribution in [0.1, 0.15) is 58.2 Å². The fourth-order valence-corrected chi connectivity index (χ4v) is 6.73. The number of hydrogen-bond donors (Lipinski definition) is 1. The first-order chi connectivity index (χ1) is 9.90. The van der Waals surface area contributed by atoms with Gasteiger partial charge in [0.05, 0.1) is 0 Å². The lowest BCUT2D eigenvalue weighted by molar-refractivity contribution is -0.117. The van der Waals surface area contributed by atoms with E-state index in [1.165, 1.54) is 38.5 Å². The molecule has 1 N–H and O–H groups in total. The predicted molar refractivity (Wildman–Crippen MR) is 85.1 cm³/mol. The zero-order chi connectivity index (χ0) is 14.7. The van der Waals surface area contributed by atoms with Gasteiger partial charge in [-0.3, -0.25) is 0 Å².